The highest BCUT2D eigenvalue weighted by Crippen LogP contribution is 2.36. The molecule has 3 aromatic heterocycles. The topological polar surface area (TPSA) is 120 Å². The number of aromatic nitrogens is 4. The second-order valence-electron chi connectivity index (χ2n) is 10.4. The Bertz CT molecular complexity index is 1610. The summed E-state index contributed by atoms with van der Waals surface area (Å²) in [7, 11) is 1.45. The second-order valence-corrected chi connectivity index (χ2v) is 10.4. The van der Waals surface area contributed by atoms with Crippen LogP contribution in [0.3, 0.4) is 0 Å². The summed E-state index contributed by atoms with van der Waals surface area (Å²) in [4.78, 5) is 33.6. The highest BCUT2D eigenvalue weighted by molar-refractivity contribution is 5.97. The van der Waals surface area contributed by atoms with Gasteiger partial charge in [-0.15, -0.1) is 0 Å². The summed E-state index contributed by atoms with van der Waals surface area (Å²) in [6.45, 7) is 3.72. The van der Waals surface area contributed by atoms with E-state index in [2.05, 4.69) is 25.7 Å². The second kappa shape index (κ2) is 12.1. The van der Waals surface area contributed by atoms with Crippen LogP contribution in [0.5, 0.6) is 11.6 Å². The number of hydrogen-bond donors (Lipinski definition) is 2. The number of carbonyl (C=O) groups excluding carboxylic acids is 2. The normalized spacial score (nSPS) is 14.9. The Kier molecular flexibility index (Phi) is 8.32. The molecular weight excluding hydrogens is 546 g/mol. The standard InChI is InChI=1S/C30H32F2N6O4/c1-18-22(24-8-9-27-36-26(35-19(2)39)16-38(27)37-24)14-23(29(34-18)41-3)28(40)33-15-21-6-4-5-7-25(21)42-17-20-10-12-30(31,32)13-11-20/h4-9,14,16,20H,10-13,15,17H2,1-3H3,(H,33,40)(H,35,39). The molecule has 220 valence electrons. The number of nitrogens with zero attached hydrogens (tertiary/aromatic N) is 4. The Morgan fingerprint density at radius 3 is 2.62 bits per heavy atom. The minimum atomic E-state index is -2.58. The molecule has 42 heavy (non-hydrogen) atoms. The van der Waals surface area contributed by atoms with Crippen molar-refractivity contribution in [1.29, 1.82) is 0 Å². The van der Waals surface area contributed by atoms with Crippen molar-refractivity contribution in [2.75, 3.05) is 19.0 Å². The van der Waals surface area contributed by atoms with Gasteiger partial charge in [-0.25, -0.2) is 23.3 Å². The third-order valence-electron chi connectivity index (χ3n) is 7.24. The molecule has 2 amide bonds. The van der Waals surface area contributed by atoms with Crippen molar-refractivity contribution in [3.63, 3.8) is 0 Å². The van der Waals surface area contributed by atoms with Crippen molar-refractivity contribution < 1.29 is 27.8 Å². The number of fused-ring (bicyclic) bond motifs is 1. The van der Waals surface area contributed by atoms with E-state index in [0.29, 0.717) is 53.6 Å². The van der Waals surface area contributed by atoms with Gasteiger partial charge in [-0.05, 0) is 49.9 Å². The first-order valence-electron chi connectivity index (χ1n) is 13.7. The van der Waals surface area contributed by atoms with E-state index in [9.17, 15) is 18.4 Å². The maximum atomic E-state index is 13.5. The highest BCUT2D eigenvalue weighted by Gasteiger charge is 2.35. The Balaban J connectivity index is 1.31. The number of para-hydroxylation sites is 1. The molecule has 0 saturated heterocycles. The number of halogens is 2. The zero-order valence-electron chi connectivity index (χ0n) is 23.6. The summed E-state index contributed by atoms with van der Waals surface area (Å²) >= 11 is 0. The molecular formula is C30H32F2N6O4. The lowest BCUT2D eigenvalue weighted by Crippen LogP contribution is -2.28. The van der Waals surface area contributed by atoms with Gasteiger partial charge in [-0.3, -0.25) is 9.59 Å². The van der Waals surface area contributed by atoms with Crippen LogP contribution in [-0.4, -0.2) is 51.0 Å². The van der Waals surface area contributed by atoms with Gasteiger partial charge in [0.15, 0.2) is 11.5 Å². The van der Waals surface area contributed by atoms with Crippen LogP contribution in [-0.2, 0) is 11.3 Å². The Labute approximate surface area is 241 Å². The van der Waals surface area contributed by atoms with E-state index in [1.54, 1.807) is 41.9 Å². The lowest BCUT2D eigenvalue weighted by atomic mass is 9.87. The van der Waals surface area contributed by atoms with E-state index >= 15 is 0 Å². The lowest BCUT2D eigenvalue weighted by molar-refractivity contribution is -0.114. The fourth-order valence-electron chi connectivity index (χ4n) is 4.96. The molecule has 1 aliphatic carbocycles. The maximum absolute atomic E-state index is 13.5. The third kappa shape index (κ3) is 6.64. The number of carbonyl (C=O) groups is 2. The number of ether oxygens (including phenoxy) is 2. The van der Waals surface area contributed by atoms with Gasteiger partial charge in [0.1, 0.15) is 11.3 Å². The van der Waals surface area contributed by atoms with E-state index in [4.69, 9.17) is 9.47 Å². The smallest absolute Gasteiger partial charge is 0.257 e. The quantitative estimate of drug-likeness (QED) is 0.280. The molecule has 3 heterocycles. The largest absolute Gasteiger partial charge is 0.493 e. The number of benzene rings is 1. The number of nitrogens with one attached hydrogen (secondary N) is 2. The van der Waals surface area contributed by atoms with E-state index in [1.807, 2.05) is 18.2 Å². The number of methoxy groups -OCH3 is 1. The zero-order chi connectivity index (χ0) is 29.9. The summed E-state index contributed by atoms with van der Waals surface area (Å²) in [5, 5.41) is 10.1. The number of amides is 2. The van der Waals surface area contributed by atoms with Crippen LogP contribution in [0.25, 0.3) is 16.9 Å². The molecule has 0 bridgehead atoms. The predicted octanol–water partition coefficient (Wildman–Crippen LogP) is 5.20. The molecule has 0 radical (unpaired) electrons. The third-order valence-corrected chi connectivity index (χ3v) is 7.24. The fourth-order valence-corrected chi connectivity index (χ4v) is 4.96. The van der Waals surface area contributed by atoms with Gasteiger partial charge in [-0.1, -0.05) is 18.2 Å². The highest BCUT2D eigenvalue weighted by atomic mass is 19.3. The minimum absolute atomic E-state index is 0.0701. The van der Waals surface area contributed by atoms with Crippen LogP contribution < -0.4 is 20.1 Å². The summed E-state index contributed by atoms with van der Waals surface area (Å²) < 4.78 is 40.0. The predicted molar refractivity (Wildman–Crippen MR) is 152 cm³/mol. The van der Waals surface area contributed by atoms with Crippen LogP contribution in [0.4, 0.5) is 14.6 Å². The van der Waals surface area contributed by atoms with Crippen LogP contribution in [0.15, 0.2) is 48.7 Å². The van der Waals surface area contributed by atoms with Crippen LogP contribution in [0.2, 0.25) is 0 Å². The van der Waals surface area contributed by atoms with Gasteiger partial charge in [0, 0.05) is 37.4 Å². The molecule has 1 aliphatic rings. The molecule has 1 fully saturated rings. The number of aryl methyl sites for hydroxylation is 1. The summed E-state index contributed by atoms with van der Waals surface area (Å²) in [6.07, 6.45) is 2.22. The molecule has 0 unspecified atom stereocenters. The molecule has 12 heteroatoms. The fraction of sp³-hybridized carbons (Fsp3) is 0.367. The maximum Gasteiger partial charge on any atom is 0.257 e. The Morgan fingerprint density at radius 2 is 1.88 bits per heavy atom. The average Bonchev–Trinajstić information content (AvgIpc) is 3.36. The number of alkyl halides is 2. The molecule has 2 N–H and O–H groups in total. The minimum Gasteiger partial charge on any atom is -0.493 e. The number of hydrogen-bond acceptors (Lipinski definition) is 7. The van der Waals surface area contributed by atoms with Crippen molar-refractivity contribution in [1.82, 2.24) is 24.9 Å². The number of pyridine rings is 1. The van der Waals surface area contributed by atoms with Gasteiger partial charge < -0.3 is 20.1 Å². The van der Waals surface area contributed by atoms with Crippen LogP contribution >= 0.6 is 0 Å². The van der Waals surface area contributed by atoms with E-state index in [0.717, 1.165) is 5.56 Å². The van der Waals surface area contributed by atoms with Crippen molar-refractivity contribution in [2.24, 2.45) is 5.92 Å². The van der Waals surface area contributed by atoms with E-state index in [-0.39, 0.29) is 42.7 Å². The number of anilines is 1. The first-order valence-corrected chi connectivity index (χ1v) is 13.7. The van der Waals surface area contributed by atoms with Gasteiger partial charge in [0.05, 0.1) is 31.3 Å². The van der Waals surface area contributed by atoms with Gasteiger partial charge in [0.2, 0.25) is 17.7 Å². The SMILES string of the molecule is COc1nc(C)c(-c2ccc3nc(NC(C)=O)cn3n2)cc1C(=O)NCc1ccccc1OCC1CCC(F)(F)CC1. The van der Waals surface area contributed by atoms with E-state index < -0.39 is 11.8 Å². The molecule has 1 aromatic carbocycles. The van der Waals surface area contributed by atoms with Crippen molar-refractivity contribution in [2.45, 2.75) is 52.0 Å². The van der Waals surface area contributed by atoms with Gasteiger partial charge >= 0.3 is 0 Å². The first kappa shape index (κ1) is 28.9. The molecule has 5 rings (SSSR count). The number of rotatable bonds is 9. The zero-order valence-corrected chi connectivity index (χ0v) is 23.6. The molecule has 4 aromatic rings. The molecule has 0 atom stereocenters. The molecule has 10 nitrogen and oxygen atoms in total. The monoisotopic (exact) mass is 578 g/mol. The first-order chi connectivity index (χ1) is 20.1. The van der Waals surface area contributed by atoms with Gasteiger partial charge in [0.25, 0.3) is 5.91 Å². The summed E-state index contributed by atoms with van der Waals surface area (Å²) in [5.41, 5.74) is 3.31. The van der Waals surface area contributed by atoms with Crippen LogP contribution in [0.1, 0.15) is 54.2 Å². The van der Waals surface area contributed by atoms with Crippen molar-refractivity contribution in [3.8, 4) is 22.9 Å². The van der Waals surface area contributed by atoms with Crippen molar-refractivity contribution in [3.05, 3.63) is 65.5 Å². The Morgan fingerprint density at radius 1 is 1.12 bits per heavy atom. The molecule has 0 spiro atoms. The summed E-state index contributed by atoms with van der Waals surface area (Å²) in [6, 6.07) is 12.5. The molecule has 0 aliphatic heterocycles. The Hall–Kier alpha value is -4.61. The number of imidazole rings is 1. The molecule has 1 saturated carbocycles. The van der Waals surface area contributed by atoms with E-state index in [1.165, 1.54) is 14.0 Å². The lowest BCUT2D eigenvalue weighted by Gasteiger charge is -2.28. The van der Waals surface area contributed by atoms with Crippen molar-refractivity contribution >= 4 is 23.3 Å². The van der Waals surface area contributed by atoms with Crippen LogP contribution in [0, 0.1) is 12.8 Å². The van der Waals surface area contributed by atoms with Gasteiger partial charge in [-0.2, -0.15) is 5.10 Å². The summed E-state index contributed by atoms with van der Waals surface area (Å²) in [5.74, 6) is -2.01. The average molecular weight is 579 g/mol.